The first-order chi connectivity index (χ1) is 9.46. The second-order valence-electron chi connectivity index (χ2n) is 4.86. The first-order valence-corrected chi connectivity index (χ1v) is 7.99. The molecule has 7 heteroatoms. The Balaban J connectivity index is 2.17. The topological polar surface area (TPSA) is 78.9 Å². The molecule has 0 amide bonds. The molecule has 2 rings (SSSR count). The fourth-order valence-electron chi connectivity index (χ4n) is 2.31. The summed E-state index contributed by atoms with van der Waals surface area (Å²) in [6, 6.07) is 6.71. The zero-order chi connectivity index (χ0) is 14.8. The molecule has 2 unspecified atom stereocenters. The number of anilines is 1. The van der Waals surface area contributed by atoms with E-state index >= 15 is 0 Å². The van der Waals surface area contributed by atoms with Crippen LogP contribution in [0.3, 0.4) is 0 Å². The molecule has 1 aromatic rings. The van der Waals surface area contributed by atoms with Crippen LogP contribution in [0.15, 0.2) is 29.2 Å². The highest BCUT2D eigenvalue weighted by molar-refractivity contribution is 7.89. The van der Waals surface area contributed by atoms with Gasteiger partial charge >= 0.3 is 0 Å². The molecular weight excluding hydrogens is 280 g/mol. The lowest BCUT2D eigenvalue weighted by atomic mass is 10.2. The fraction of sp³-hybridized carbons (Fsp3) is 0.538. The van der Waals surface area contributed by atoms with Crippen molar-refractivity contribution in [2.24, 2.45) is 0 Å². The summed E-state index contributed by atoms with van der Waals surface area (Å²) in [5.41, 5.74) is 0.925. The van der Waals surface area contributed by atoms with Gasteiger partial charge in [0.1, 0.15) is 0 Å². The van der Waals surface area contributed by atoms with Gasteiger partial charge in [-0.1, -0.05) is 0 Å². The van der Waals surface area contributed by atoms with Crippen molar-refractivity contribution >= 4 is 15.7 Å². The van der Waals surface area contributed by atoms with Crippen LogP contribution in [0.4, 0.5) is 5.69 Å². The van der Waals surface area contributed by atoms with Gasteiger partial charge in [-0.2, -0.15) is 0 Å². The predicted molar refractivity (Wildman–Crippen MR) is 76.3 cm³/mol. The lowest BCUT2D eigenvalue weighted by Crippen LogP contribution is -2.48. The Hall–Kier alpha value is -1.15. The Morgan fingerprint density at radius 2 is 2.00 bits per heavy atom. The minimum Gasteiger partial charge on any atom is -0.394 e. The molecule has 1 aromatic carbocycles. The molecule has 0 aliphatic carbocycles. The number of aliphatic hydroxyl groups is 1. The second-order valence-corrected chi connectivity index (χ2v) is 6.74. The van der Waals surface area contributed by atoms with E-state index in [1.54, 1.807) is 24.3 Å². The number of morpholine rings is 1. The summed E-state index contributed by atoms with van der Waals surface area (Å²) in [5, 5.41) is 9.22. The molecule has 1 fully saturated rings. The van der Waals surface area contributed by atoms with E-state index in [2.05, 4.69) is 9.62 Å². The summed E-state index contributed by atoms with van der Waals surface area (Å²) in [5.74, 6) is 0. The maximum Gasteiger partial charge on any atom is 0.240 e. The van der Waals surface area contributed by atoms with Crippen LogP contribution < -0.4 is 9.62 Å². The lowest BCUT2D eigenvalue weighted by Gasteiger charge is -2.37. The summed E-state index contributed by atoms with van der Waals surface area (Å²) < 4.78 is 31.2. The van der Waals surface area contributed by atoms with Crippen molar-refractivity contribution in [1.29, 1.82) is 0 Å². The molecule has 2 N–H and O–H groups in total. The van der Waals surface area contributed by atoms with Gasteiger partial charge in [0, 0.05) is 18.8 Å². The molecule has 0 spiro atoms. The zero-order valence-electron chi connectivity index (χ0n) is 11.6. The number of aliphatic hydroxyl groups excluding tert-OH is 1. The van der Waals surface area contributed by atoms with Crippen LogP contribution in [0.1, 0.15) is 6.92 Å². The lowest BCUT2D eigenvalue weighted by molar-refractivity contribution is -0.0421. The average molecular weight is 300 g/mol. The normalized spacial score (nSPS) is 23.9. The van der Waals surface area contributed by atoms with Crippen molar-refractivity contribution in [3.8, 4) is 0 Å². The van der Waals surface area contributed by atoms with Crippen LogP contribution in [0.5, 0.6) is 0 Å². The molecule has 0 aromatic heterocycles. The van der Waals surface area contributed by atoms with Gasteiger partial charge in [-0.3, -0.25) is 0 Å². The van der Waals surface area contributed by atoms with Gasteiger partial charge in [0.15, 0.2) is 0 Å². The molecule has 1 aliphatic rings. The Kier molecular flexibility index (Phi) is 4.64. The minimum absolute atomic E-state index is 0.0208. The Morgan fingerprint density at radius 1 is 1.35 bits per heavy atom. The molecule has 1 heterocycles. The molecule has 2 atom stereocenters. The highest BCUT2D eigenvalue weighted by Gasteiger charge is 2.25. The van der Waals surface area contributed by atoms with Gasteiger partial charge in [-0.15, -0.1) is 0 Å². The largest absolute Gasteiger partial charge is 0.394 e. The van der Waals surface area contributed by atoms with Gasteiger partial charge in [0.2, 0.25) is 10.0 Å². The highest BCUT2D eigenvalue weighted by atomic mass is 32.2. The van der Waals surface area contributed by atoms with E-state index < -0.39 is 10.0 Å². The van der Waals surface area contributed by atoms with E-state index in [0.717, 1.165) is 5.69 Å². The van der Waals surface area contributed by atoms with E-state index in [0.29, 0.717) is 13.1 Å². The van der Waals surface area contributed by atoms with E-state index in [4.69, 9.17) is 4.74 Å². The number of sulfonamides is 1. The van der Waals surface area contributed by atoms with Crippen LogP contribution >= 0.6 is 0 Å². The number of hydrogen-bond acceptors (Lipinski definition) is 5. The van der Waals surface area contributed by atoms with Gasteiger partial charge in [0.05, 0.1) is 23.7 Å². The molecule has 0 radical (unpaired) electrons. The summed E-state index contributed by atoms with van der Waals surface area (Å²) in [7, 11) is -2.02. The van der Waals surface area contributed by atoms with Crippen molar-refractivity contribution in [1.82, 2.24) is 4.72 Å². The number of benzene rings is 1. The van der Waals surface area contributed by atoms with Crippen LogP contribution in [0.25, 0.3) is 0 Å². The van der Waals surface area contributed by atoms with Crippen LogP contribution in [0, 0.1) is 0 Å². The third-order valence-corrected chi connectivity index (χ3v) is 4.74. The first-order valence-electron chi connectivity index (χ1n) is 6.51. The molecule has 1 saturated heterocycles. The summed E-state index contributed by atoms with van der Waals surface area (Å²) in [6.45, 7) is 3.25. The Bertz CT molecular complexity index is 544. The number of nitrogens with one attached hydrogen (secondary N) is 1. The monoisotopic (exact) mass is 300 g/mol. The number of hydrogen-bond donors (Lipinski definition) is 2. The number of rotatable bonds is 4. The van der Waals surface area contributed by atoms with E-state index in [9.17, 15) is 13.5 Å². The van der Waals surface area contributed by atoms with Crippen molar-refractivity contribution in [2.75, 3.05) is 31.6 Å². The Labute approximate surface area is 119 Å². The summed E-state index contributed by atoms with van der Waals surface area (Å²) in [4.78, 5) is 2.33. The van der Waals surface area contributed by atoms with E-state index in [-0.39, 0.29) is 23.7 Å². The third-order valence-electron chi connectivity index (χ3n) is 3.31. The SMILES string of the molecule is CNS(=O)(=O)c1ccc(N2CC(C)OC(CO)C2)cc1. The molecule has 112 valence electrons. The van der Waals surface area contributed by atoms with E-state index in [1.165, 1.54) is 7.05 Å². The van der Waals surface area contributed by atoms with Crippen molar-refractivity contribution in [3.05, 3.63) is 24.3 Å². The van der Waals surface area contributed by atoms with Crippen LogP contribution in [-0.2, 0) is 14.8 Å². The average Bonchev–Trinajstić information content (AvgIpc) is 2.46. The van der Waals surface area contributed by atoms with Crippen molar-refractivity contribution in [2.45, 2.75) is 24.0 Å². The van der Waals surface area contributed by atoms with Crippen molar-refractivity contribution in [3.63, 3.8) is 0 Å². The molecule has 6 nitrogen and oxygen atoms in total. The molecule has 0 saturated carbocycles. The first kappa shape index (κ1) is 15.2. The maximum absolute atomic E-state index is 11.7. The quantitative estimate of drug-likeness (QED) is 0.829. The second kappa shape index (κ2) is 6.09. The molecule has 0 bridgehead atoms. The standard InChI is InChI=1S/C13H20N2O4S/c1-10-7-15(8-12(9-16)19-10)11-3-5-13(6-4-11)20(17,18)14-2/h3-6,10,12,14,16H,7-9H2,1-2H3. The van der Waals surface area contributed by atoms with Gasteiger partial charge in [0.25, 0.3) is 0 Å². The van der Waals surface area contributed by atoms with Gasteiger partial charge < -0.3 is 14.7 Å². The third kappa shape index (κ3) is 3.29. The smallest absolute Gasteiger partial charge is 0.240 e. The van der Waals surface area contributed by atoms with Crippen LogP contribution in [-0.4, -0.2) is 52.5 Å². The zero-order valence-corrected chi connectivity index (χ0v) is 12.4. The molecular formula is C13H20N2O4S. The highest BCUT2D eigenvalue weighted by Crippen LogP contribution is 2.22. The molecule has 20 heavy (non-hydrogen) atoms. The van der Waals surface area contributed by atoms with Gasteiger partial charge in [-0.05, 0) is 38.2 Å². The number of nitrogens with zero attached hydrogens (tertiary/aromatic N) is 1. The predicted octanol–water partition coefficient (Wildman–Crippen LogP) is 0.181. The van der Waals surface area contributed by atoms with Gasteiger partial charge in [-0.25, -0.2) is 13.1 Å². The maximum atomic E-state index is 11.7. The molecule has 1 aliphatic heterocycles. The minimum atomic E-state index is -3.41. The van der Waals surface area contributed by atoms with E-state index in [1.807, 2.05) is 6.92 Å². The summed E-state index contributed by atoms with van der Waals surface area (Å²) in [6.07, 6.45) is -0.180. The fourth-order valence-corrected chi connectivity index (χ4v) is 3.04. The van der Waals surface area contributed by atoms with Crippen molar-refractivity contribution < 1.29 is 18.3 Å². The summed E-state index contributed by atoms with van der Waals surface area (Å²) >= 11 is 0. The number of ether oxygens (including phenoxy) is 1. The van der Waals surface area contributed by atoms with Crippen LogP contribution in [0.2, 0.25) is 0 Å². The Morgan fingerprint density at radius 3 is 2.55 bits per heavy atom.